The van der Waals surface area contributed by atoms with Gasteiger partial charge >= 0.3 is 0 Å². The number of ether oxygens (including phenoxy) is 1. The minimum atomic E-state index is -0.841. The summed E-state index contributed by atoms with van der Waals surface area (Å²) < 4.78 is 5.23. The van der Waals surface area contributed by atoms with Crippen LogP contribution in [0.4, 0.5) is 0 Å². The Kier molecular flexibility index (Phi) is 4.10. The van der Waals surface area contributed by atoms with Crippen LogP contribution in [0.1, 0.15) is 33.1 Å². The van der Waals surface area contributed by atoms with Crippen LogP contribution in [0.3, 0.4) is 0 Å². The number of carbonyl (C=O) groups excluding carboxylic acids is 2. The average molecular weight is 269 g/mol. The second-order valence-electron chi connectivity index (χ2n) is 5.78. The standard InChI is InChI=1S/C13H23N3O3/c1-9(2)16-8-10(7-11(16)17)15-12(18)13(14)3-5-19-6-4-13/h9-10H,3-8,14H2,1-2H3,(H,15,18). The Labute approximate surface area is 113 Å². The Morgan fingerprint density at radius 3 is 2.63 bits per heavy atom. The lowest BCUT2D eigenvalue weighted by Crippen LogP contribution is -2.59. The van der Waals surface area contributed by atoms with Gasteiger partial charge in [-0.2, -0.15) is 0 Å². The van der Waals surface area contributed by atoms with Crippen LogP contribution in [0.15, 0.2) is 0 Å². The van der Waals surface area contributed by atoms with Crippen molar-refractivity contribution in [2.75, 3.05) is 19.8 Å². The molecule has 19 heavy (non-hydrogen) atoms. The molecule has 6 nitrogen and oxygen atoms in total. The first-order valence-corrected chi connectivity index (χ1v) is 6.89. The number of hydrogen-bond donors (Lipinski definition) is 2. The minimum absolute atomic E-state index is 0.0957. The van der Waals surface area contributed by atoms with Crippen molar-refractivity contribution in [3.63, 3.8) is 0 Å². The van der Waals surface area contributed by atoms with E-state index in [0.717, 1.165) is 0 Å². The number of carbonyl (C=O) groups is 2. The molecule has 0 aromatic carbocycles. The second-order valence-corrected chi connectivity index (χ2v) is 5.78. The summed E-state index contributed by atoms with van der Waals surface area (Å²) in [4.78, 5) is 25.8. The summed E-state index contributed by atoms with van der Waals surface area (Å²) in [6, 6.07) is 0.0509. The molecule has 2 saturated heterocycles. The predicted molar refractivity (Wildman–Crippen MR) is 70.4 cm³/mol. The number of hydrogen-bond acceptors (Lipinski definition) is 4. The van der Waals surface area contributed by atoms with Crippen molar-refractivity contribution in [3.8, 4) is 0 Å². The quantitative estimate of drug-likeness (QED) is 0.731. The van der Waals surface area contributed by atoms with Gasteiger partial charge in [0.05, 0.1) is 11.6 Å². The third kappa shape index (κ3) is 3.06. The maximum atomic E-state index is 12.2. The molecule has 1 unspecified atom stereocenters. The van der Waals surface area contributed by atoms with Crippen molar-refractivity contribution < 1.29 is 14.3 Å². The highest BCUT2D eigenvalue weighted by molar-refractivity contribution is 5.88. The first kappa shape index (κ1) is 14.3. The summed E-state index contributed by atoms with van der Waals surface area (Å²) in [7, 11) is 0. The average Bonchev–Trinajstić information content (AvgIpc) is 2.71. The lowest BCUT2D eigenvalue weighted by molar-refractivity contribution is -0.130. The molecule has 0 aliphatic carbocycles. The SMILES string of the molecule is CC(C)N1CC(NC(=O)C2(N)CCOCC2)CC1=O. The van der Waals surface area contributed by atoms with E-state index in [9.17, 15) is 9.59 Å². The van der Waals surface area contributed by atoms with Crippen LogP contribution in [0.5, 0.6) is 0 Å². The van der Waals surface area contributed by atoms with Gasteiger partial charge in [0, 0.05) is 32.2 Å². The van der Waals surface area contributed by atoms with Crippen LogP contribution in [0.2, 0.25) is 0 Å². The molecule has 3 N–H and O–H groups in total. The van der Waals surface area contributed by atoms with Crippen molar-refractivity contribution in [1.82, 2.24) is 10.2 Å². The van der Waals surface area contributed by atoms with Crippen LogP contribution in [-0.2, 0) is 14.3 Å². The lowest BCUT2D eigenvalue weighted by atomic mass is 9.90. The molecule has 2 fully saturated rings. The maximum Gasteiger partial charge on any atom is 0.240 e. The maximum absolute atomic E-state index is 12.2. The van der Waals surface area contributed by atoms with Crippen molar-refractivity contribution in [2.24, 2.45) is 5.73 Å². The van der Waals surface area contributed by atoms with Gasteiger partial charge in [-0.25, -0.2) is 0 Å². The van der Waals surface area contributed by atoms with Crippen molar-refractivity contribution in [2.45, 2.75) is 50.7 Å². The summed E-state index contributed by atoms with van der Waals surface area (Å²) in [5.41, 5.74) is 5.28. The number of nitrogens with two attached hydrogens (primary N) is 1. The number of nitrogens with zero attached hydrogens (tertiary/aromatic N) is 1. The zero-order chi connectivity index (χ0) is 14.0. The van der Waals surface area contributed by atoms with E-state index in [2.05, 4.69) is 5.32 Å². The summed E-state index contributed by atoms with van der Waals surface area (Å²) in [6.45, 7) is 5.57. The second kappa shape index (κ2) is 5.46. The monoisotopic (exact) mass is 269 g/mol. The van der Waals surface area contributed by atoms with Gasteiger partial charge in [-0.3, -0.25) is 9.59 Å². The topological polar surface area (TPSA) is 84.7 Å². The smallest absolute Gasteiger partial charge is 0.240 e. The van der Waals surface area contributed by atoms with E-state index in [1.54, 1.807) is 4.90 Å². The van der Waals surface area contributed by atoms with Crippen molar-refractivity contribution in [1.29, 1.82) is 0 Å². The number of amides is 2. The zero-order valence-corrected chi connectivity index (χ0v) is 11.6. The Morgan fingerprint density at radius 1 is 1.47 bits per heavy atom. The van der Waals surface area contributed by atoms with Crippen molar-refractivity contribution >= 4 is 11.8 Å². The summed E-state index contributed by atoms with van der Waals surface area (Å²) in [5, 5.41) is 2.92. The Balaban J connectivity index is 1.91. The Bertz CT molecular complexity index is 364. The number of rotatable bonds is 3. The van der Waals surface area contributed by atoms with Gasteiger partial charge in [0.25, 0.3) is 0 Å². The molecule has 2 aliphatic heterocycles. The molecule has 6 heteroatoms. The van der Waals surface area contributed by atoms with E-state index in [1.807, 2.05) is 13.8 Å². The van der Waals surface area contributed by atoms with Crippen LogP contribution >= 0.6 is 0 Å². The van der Waals surface area contributed by atoms with Crippen LogP contribution < -0.4 is 11.1 Å². The van der Waals surface area contributed by atoms with Gasteiger partial charge in [0.1, 0.15) is 0 Å². The summed E-state index contributed by atoms with van der Waals surface area (Å²) in [6.07, 6.45) is 1.44. The first-order chi connectivity index (χ1) is 8.92. The molecular weight excluding hydrogens is 246 g/mol. The number of nitrogens with one attached hydrogen (secondary N) is 1. The highest BCUT2D eigenvalue weighted by Crippen LogP contribution is 2.20. The fourth-order valence-corrected chi connectivity index (χ4v) is 2.62. The number of likely N-dealkylation sites (tertiary alicyclic amines) is 1. The molecule has 1 atom stereocenters. The molecule has 108 valence electrons. The molecule has 0 aromatic heterocycles. The normalized spacial score (nSPS) is 26.8. The molecule has 0 spiro atoms. The molecule has 0 radical (unpaired) electrons. The molecule has 0 saturated carbocycles. The van der Waals surface area contributed by atoms with E-state index < -0.39 is 5.54 Å². The van der Waals surface area contributed by atoms with Crippen LogP contribution in [0, 0.1) is 0 Å². The van der Waals surface area contributed by atoms with E-state index in [-0.39, 0.29) is 23.9 Å². The van der Waals surface area contributed by atoms with Crippen LogP contribution in [0.25, 0.3) is 0 Å². The van der Waals surface area contributed by atoms with Gasteiger partial charge < -0.3 is 20.7 Å². The lowest BCUT2D eigenvalue weighted by Gasteiger charge is -2.32. The highest BCUT2D eigenvalue weighted by atomic mass is 16.5. The van der Waals surface area contributed by atoms with Gasteiger partial charge in [0.2, 0.25) is 11.8 Å². The first-order valence-electron chi connectivity index (χ1n) is 6.89. The van der Waals surface area contributed by atoms with Crippen LogP contribution in [-0.4, -0.2) is 54.1 Å². The predicted octanol–water partition coefficient (Wildman–Crippen LogP) is -0.380. The minimum Gasteiger partial charge on any atom is -0.381 e. The molecule has 0 aromatic rings. The van der Waals surface area contributed by atoms with Gasteiger partial charge in [0.15, 0.2) is 0 Å². The van der Waals surface area contributed by atoms with Gasteiger partial charge in [-0.15, -0.1) is 0 Å². The fraction of sp³-hybridized carbons (Fsp3) is 0.846. The van der Waals surface area contributed by atoms with Gasteiger partial charge in [-0.1, -0.05) is 0 Å². The molecule has 0 bridgehead atoms. The summed E-state index contributed by atoms with van der Waals surface area (Å²) in [5.74, 6) is -0.0578. The molecule has 2 rings (SSSR count). The van der Waals surface area contributed by atoms with E-state index in [0.29, 0.717) is 39.0 Å². The van der Waals surface area contributed by atoms with Crippen molar-refractivity contribution in [3.05, 3.63) is 0 Å². The fourth-order valence-electron chi connectivity index (χ4n) is 2.62. The van der Waals surface area contributed by atoms with E-state index in [4.69, 9.17) is 10.5 Å². The largest absolute Gasteiger partial charge is 0.381 e. The zero-order valence-electron chi connectivity index (χ0n) is 11.6. The van der Waals surface area contributed by atoms with E-state index in [1.165, 1.54) is 0 Å². The Hall–Kier alpha value is -1.14. The molecular formula is C13H23N3O3. The molecule has 2 heterocycles. The summed E-state index contributed by atoms with van der Waals surface area (Å²) >= 11 is 0. The molecule has 2 amide bonds. The molecule has 2 aliphatic rings. The third-order valence-corrected chi connectivity index (χ3v) is 3.95. The van der Waals surface area contributed by atoms with Gasteiger partial charge in [-0.05, 0) is 26.7 Å². The van der Waals surface area contributed by atoms with E-state index >= 15 is 0 Å². The Morgan fingerprint density at radius 2 is 2.11 bits per heavy atom. The highest BCUT2D eigenvalue weighted by Gasteiger charge is 2.39. The third-order valence-electron chi connectivity index (χ3n) is 3.95.